The van der Waals surface area contributed by atoms with Crippen molar-refractivity contribution in [2.45, 2.75) is 39.5 Å². The molecule has 0 spiro atoms. The van der Waals surface area contributed by atoms with Crippen molar-refractivity contribution in [1.29, 1.82) is 0 Å². The van der Waals surface area contributed by atoms with Crippen molar-refractivity contribution < 1.29 is 19.1 Å². The van der Waals surface area contributed by atoms with Crippen LogP contribution in [0.5, 0.6) is 0 Å². The number of esters is 1. The van der Waals surface area contributed by atoms with E-state index >= 15 is 0 Å². The highest BCUT2D eigenvalue weighted by Gasteiger charge is 2.22. The molecule has 28 heavy (non-hydrogen) atoms. The van der Waals surface area contributed by atoms with E-state index < -0.39 is 5.97 Å². The molecule has 1 aromatic carbocycles. The van der Waals surface area contributed by atoms with Gasteiger partial charge in [0, 0.05) is 23.5 Å². The Morgan fingerprint density at radius 2 is 1.96 bits per heavy atom. The van der Waals surface area contributed by atoms with Gasteiger partial charge in [-0.1, -0.05) is 19.1 Å². The number of carbonyl (C=O) groups is 3. The van der Waals surface area contributed by atoms with Crippen LogP contribution in [0, 0.1) is 0 Å². The number of aryl methyl sites for hydroxylation is 1. The van der Waals surface area contributed by atoms with Gasteiger partial charge in [-0.3, -0.25) is 9.59 Å². The first-order valence-corrected chi connectivity index (χ1v) is 10.3. The third-order valence-corrected chi connectivity index (χ3v) is 5.76. The molecule has 1 fully saturated rings. The summed E-state index contributed by atoms with van der Waals surface area (Å²) >= 11 is 1.40. The molecule has 7 heteroatoms. The van der Waals surface area contributed by atoms with Gasteiger partial charge in [-0.15, -0.1) is 11.3 Å². The molecule has 2 heterocycles. The van der Waals surface area contributed by atoms with E-state index in [2.05, 4.69) is 5.32 Å². The summed E-state index contributed by atoms with van der Waals surface area (Å²) in [5, 5.41) is 3.37. The fraction of sp³-hybridized carbons (Fsp3) is 0.381. The van der Waals surface area contributed by atoms with E-state index in [-0.39, 0.29) is 24.8 Å². The molecule has 1 aliphatic rings. The molecule has 0 saturated carbocycles. The van der Waals surface area contributed by atoms with Crippen molar-refractivity contribution in [1.82, 2.24) is 0 Å². The third-order valence-electron chi connectivity index (χ3n) is 4.57. The Kier molecular flexibility index (Phi) is 6.46. The van der Waals surface area contributed by atoms with Crippen molar-refractivity contribution in [3.63, 3.8) is 0 Å². The summed E-state index contributed by atoms with van der Waals surface area (Å²) in [6.07, 6.45) is 2.44. The van der Waals surface area contributed by atoms with Gasteiger partial charge in [-0.2, -0.15) is 0 Å². The van der Waals surface area contributed by atoms with Crippen LogP contribution < -0.4 is 10.2 Å². The summed E-state index contributed by atoms with van der Waals surface area (Å²) < 4.78 is 5.08. The highest BCUT2D eigenvalue weighted by Crippen LogP contribution is 2.29. The van der Waals surface area contributed by atoms with Crippen LogP contribution >= 0.6 is 11.3 Å². The Morgan fingerprint density at radius 1 is 1.21 bits per heavy atom. The van der Waals surface area contributed by atoms with Gasteiger partial charge in [0.15, 0.2) is 0 Å². The van der Waals surface area contributed by atoms with E-state index in [1.54, 1.807) is 17.9 Å². The van der Waals surface area contributed by atoms with Gasteiger partial charge in [0.25, 0.3) is 0 Å². The summed E-state index contributed by atoms with van der Waals surface area (Å²) in [4.78, 5) is 39.2. The first kappa shape index (κ1) is 20.1. The van der Waals surface area contributed by atoms with Crippen LogP contribution in [0.4, 0.5) is 10.7 Å². The van der Waals surface area contributed by atoms with Gasteiger partial charge in [0.2, 0.25) is 11.8 Å². The molecular formula is C21H24N2O4S. The van der Waals surface area contributed by atoms with E-state index in [1.807, 2.05) is 31.2 Å². The second-order valence-electron chi connectivity index (χ2n) is 6.57. The molecule has 0 atom stereocenters. The van der Waals surface area contributed by atoms with Crippen LogP contribution in [-0.2, 0) is 27.2 Å². The number of nitrogens with one attached hydrogen (secondary N) is 1. The van der Waals surface area contributed by atoms with Crippen LogP contribution in [0.25, 0.3) is 0 Å². The topological polar surface area (TPSA) is 75.7 Å². The fourth-order valence-electron chi connectivity index (χ4n) is 3.14. The summed E-state index contributed by atoms with van der Waals surface area (Å²) in [5.74, 6) is -0.477. The highest BCUT2D eigenvalue weighted by molar-refractivity contribution is 7.16. The molecule has 0 bridgehead atoms. The van der Waals surface area contributed by atoms with Crippen molar-refractivity contribution in [2.75, 3.05) is 23.4 Å². The van der Waals surface area contributed by atoms with Crippen LogP contribution in [0.3, 0.4) is 0 Å². The van der Waals surface area contributed by atoms with E-state index in [9.17, 15) is 14.4 Å². The van der Waals surface area contributed by atoms with Crippen LogP contribution in [0.15, 0.2) is 30.3 Å². The van der Waals surface area contributed by atoms with E-state index in [1.165, 1.54) is 11.3 Å². The van der Waals surface area contributed by atoms with Crippen molar-refractivity contribution in [3.05, 3.63) is 46.3 Å². The number of thiophene rings is 1. The third kappa shape index (κ3) is 4.59. The average molecular weight is 401 g/mol. The number of ether oxygens (including phenoxy) is 1. The van der Waals surface area contributed by atoms with Crippen molar-refractivity contribution >= 4 is 39.8 Å². The fourth-order valence-corrected chi connectivity index (χ4v) is 4.14. The van der Waals surface area contributed by atoms with E-state index in [0.717, 1.165) is 35.5 Å². The number of carbonyl (C=O) groups excluding carboxylic acids is 3. The molecule has 1 aliphatic heterocycles. The maximum atomic E-state index is 12.5. The minimum atomic E-state index is -0.423. The van der Waals surface area contributed by atoms with Gasteiger partial charge < -0.3 is 15.0 Å². The van der Waals surface area contributed by atoms with Gasteiger partial charge >= 0.3 is 5.97 Å². The SMILES string of the molecule is CCOC(=O)c1cc(CC)sc1NC(=O)Cc1ccc(N2CCCC2=O)cc1. The second-order valence-corrected chi connectivity index (χ2v) is 7.71. The number of anilines is 2. The summed E-state index contributed by atoms with van der Waals surface area (Å²) in [7, 11) is 0. The molecule has 0 unspecified atom stereocenters. The molecule has 1 N–H and O–H groups in total. The maximum Gasteiger partial charge on any atom is 0.341 e. The molecule has 0 aliphatic carbocycles. The second kappa shape index (κ2) is 9.01. The zero-order valence-corrected chi connectivity index (χ0v) is 16.9. The number of amides is 2. The minimum absolute atomic E-state index is 0.140. The molecule has 1 saturated heterocycles. The molecule has 1 aromatic heterocycles. The normalized spacial score (nSPS) is 13.6. The number of nitrogens with zero attached hydrogens (tertiary/aromatic N) is 1. The van der Waals surface area contributed by atoms with E-state index in [4.69, 9.17) is 4.74 Å². The number of hydrogen-bond acceptors (Lipinski definition) is 5. The smallest absolute Gasteiger partial charge is 0.341 e. The van der Waals surface area contributed by atoms with Gasteiger partial charge in [0.05, 0.1) is 18.6 Å². The molecule has 2 aromatic rings. The quantitative estimate of drug-likeness (QED) is 0.718. The summed E-state index contributed by atoms with van der Waals surface area (Å²) in [6.45, 7) is 4.78. The average Bonchev–Trinajstić information content (AvgIpc) is 3.28. The Balaban J connectivity index is 1.66. The van der Waals surface area contributed by atoms with Crippen LogP contribution in [-0.4, -0.2) is 30.9 Å². The first-order chi connectivity index (χ1) is 13.5. The standard InChI is InChI=1S/C21H24N2O4S/c1-3-16-13-17(21(26)27-4-2)20(28-16)22-18(24)12-14-7-9-15(10-8-14)23-11-5-6-19(23)25/h7-10,13H,3-6,11-12H2,1-2H3,(H,22,24). The summed E-state index contributed by atoms with van der Waals surface area (Å²) in [5.41, 5.74) is 2.11. The predicted molar refractivity (Wildman–Crippen MR) is 110 cm³/mol. The zero-order chi connectivity index (χ0) is 20.1. The van der Waals surface area contributed by atoms with Crippen LogP contribution in [0.1, 0.15) is 47.5 Å². The van der Waals surface area contributed by atoms with Gasteiger partial charge in [-0.05, 0) is 43.5 Å². The minimum Gasteiger partial charge on any atom is -0.462 e. The number of benzene rings is 1. The first-order valence-electron chi connectivity index (χ1n) is 9.50. The zero-order valence-electron chi connectivity index (χ0n) is 16.1. The van der Waals surface area contributed by atoms with Gasteiger partial charge in [0.1, 0.15) is 5.00 Å². The Morgan fingerprint density at radius 3 is 2.57 bits per heavy atom. The molecule has 3 rings (SSSR count). The van der Waals surface area contributed by atoms with Crippen LogP contribution in [0.2, 0.25) is 0 Å². The lowest BCUT2D eigenvalue weighted by molar-refractivity contribution is -0.117. The Bertz CT molecular complexity index is 873. The number of hydrogen-bond donors (Lipinski definition) is 1. The molecule has 2 amide bonds. The summed E-state index contributed by atoms with van der Waals surface area (Å²) in [6, 6.07) is 9.24. The molecule has 0 radical (unpaired) electrons. The molecule has 6 nitrogen and oxygen atoms in total. The lowest BCUT2D eigenvalue weighted by Gasteiger charge is -2.15. The highest BCUT2D eigenvalue weighted by atomic mass is 32.1. The van der Waals surface area contributed by atoms with E-state index in [0.29, 0.717) is 17.0 Å². The Hall–Kier alpha value is -2.67. The van der Waals surface area contributed by atoms with Gasteiger partial charge in [-0.25, -0.2) is 4.79 Å². The van der Waals surface area contributed by atoms with Crippen molar-refractivity contribution in [2.24, 2.45) is 0 Å². The predicted octanol–water partition coefficient (Wildman–Crippen LogP) is 3.80. The monoisotopic (exact) mass is 400 g/mol. The molecule has 148 valence electrons. The van der Waals surface area contributed by atoms with Crippen molar-refractivity contribution in [3.8, 4) is 0 Å². The lowest BCUT2D eigenvalue weighted by atomic mass is 10.1. The maximum absolute atomic E-state index is 12.5. The largest absolute Gasteiger partial charge is 0.462 e. The Labute approximate surface area is 168 Å². The number of rotatable bonds is 7. The molecular weight excluding hydrogens is 376 g/mol. The lowest BCUT2D eigenvalue weighted by Crippen LogP contribution is -2.23.